The van der Waals surface area contributed by atoms with Crippen LogP contribution in [0.2, 0.25) is 0 Å². The third-order valence-corrected chi connectivity index (χ3v) is 6.39. The van der Waals surface area contributed by atoms with Crippen LogP contribution in [0.25, 0.3) is 0 Å². The first-order chi connectivity index (χ1) is 18.3. The Bertz CT molecular complexity index is 1000. The summed E-state index contributed by atoms with van der Waals surface area (Å²) in [7, 11) is 6.11. The van der Waals surface area contributed by atoms with Crippen molar-refractivity contribution >= 4 is 11.8 Å². The molecule has 0 spiro atoms. The highest BCUT2D eigenvalue weighted by Gasteiger charge is 2.30. The molecule has 0 bridgehead atoms. The summed E-state index contributed by atoms with van der Waals surface area (Å²) < 4.78 is 5.91. The van der Waals surface area contributed by atoms with E-state index in [1.165, 1.54) is 0 Å². The molecular formula is C32H50N4O3. The molecular weight excluding hydrogens is 488 g/mol. The summed E-state index contributed by atoms with van der Waals surface area (Å²) in [5, 5.41) is 6.15. The van der Waals surface area contributed by atoms with Crippen molar-refractivity contribution < 1.29 is 14.3 Å². The van der Waals surface area contributed by atoms with E-state index < -0.39 is 11.6 Å². The van der Waals surface area contributed by atoms with Crippen molar-refractivity contribution in [2.24, 2.45) is 5.92 Å². The summed E-state index contributed by atoms with van der Waals surface area (Å²) in [6, 6.07) is 16.8. The molecule has 7 nitrogen and oxygen atoms in total. The highest BCUT2D eigenvalue weighted by atomic mass is 16.5. The van der Waals surface area contributed by atoms with Gasteiger partial charge in [0.1, 0.15) is 18.4 Å². The number of hydrogen-bond acceptors (Lipinski definition) is 5. The second-order valence-electron chi connectivity index (χ2n) is 12.2. The zero-order valence-corrected chi connectivity index (χ0v) is 25.3. The van der Waals surface area contributed by atoms with E-state index in [0.717, 1.165) is 42.8 Å². The van der Waals surface area contributed by atoms with Crippen molar-refractivity contribution in [1.29, 1.82) is 0 Å². The molecule has 0 aliphatic carbocycles. The Morgan fingerprint density at radius 3 is 2.08 bits per heavy atom. The lowest BCUT2D eigenvalue weighted by Gasteiger charge is -2.31. The van der Waals surface area contributed by atoms with Crippen LogP contribution in [0.4, 0.5) is 0 Å². The summed E-state index contributed by atoms with van der Waals surface area (Å²) in [6.07, 6.45) is 2.09. The third kappa shape index (κ3) is 12.7. The molecule has 2 rings (SSSR count). The van der Waals surface area contributed by atoms with Gasteiger partial charge < -0.3 is 20.3 Å². The molecule has 2 aromatic rings. The number of benzene rings is 2. The summed E-state index contributed by atoms with van der Waals surface area (Å²) >= 11 is 0. The summed E-state index contributed by atoms with van der Waals surface area (Å²) in [4.78, 5) is 31.2. The first kappa shape index (κ1) is 32.3. The van der Waals surface area contributed by atoms with Crippen molar-refractivity contribution in [2.45, 2.75) is 78.1 Å². The van der Waals surface area contributed by atoms with E-state index in [0.29, 0.717) is 18.9 Å². The van der Waals surface area contributed by atoms with Gasteiger partial charge in [0.15, 0.2) is 0 Å². The number of nitrogens with one attached hydrogen (secondary N) is 2. The zero-order chi connectivity index (χ0) is 29.0. The number of nitrogens with zero attached hydrogens (tertiary/aromatic N) is 2. The first-order valence-corrected chi connectivity index (χ1v) is 14.1. The number of amides is 2. The Morgan fingerprint density at radius 2 is 1.51 bits per heavy atom. The molecule has 0 saturated carbocycles. The van der Waals surface area contributed by atoms with Gasteiger partial charge in [-0.05, 0) is 97.0 Å². The second-order valence-corrected chi connectivity index (χ2v) is 12.2. The minimum atomic E-state index is -0.683. The Balaban J connectivity index is 2.13. The van der Waals surface area contributed by atoms with Gasteiger partial charge in [0.25, 0.3) is 0 Å². The van der Waals surface area contributed by atoms with Crippen LogP contribution < -0.4 is 15.4 Å². The predicted molar refractivity (Wildman–Crippen MR) is 160 cm³/mol. The van der Waals surface area contributed by atoms with Crippen molar-refractivity contribution in [3.8, 4) is 5.75 Å². The third-order valence-electron chi connectivity index (χ3n) is 6.39. The molecule has 2 aromatic carbocycles. The van der Waals surface area contributed by atoms with Gasteiger partial charge in [0.2, 0.25) is 11.8 Å². The normalized spacial score (nSPS) is 13.4. The molecule has 0 fully saturated rings. The lowest BCUT2D eigenvalue weighted by atomic mass is 9.99. The minimum absolute atomic E-state index is 0.104. The average Bonchev–Trinajstić information content (AvgIpc) is 2.85. The molecule has 216 valence electrons. The van der Waals surface area contributed by atoms with Crippen LogP contribution in [0.15, 0.2) is 54.6 Å². The van der Waals surface area contributed by atoms with Gasteiger partial charge in [-0.25, -0.2) is 0 Å². The Hall–Kier alpha value is -2.90. The fraction of sp³-hybridized carbons (Fsp3) is 0.562. The maximum Gasteiger partial charge on any atom is 0.243 e. The summed E-state index contributed by atoms with van der Waals surface area (Å²) in [6.45, 7) is 12.4. The van der Waals surface area contributed by atoms with Gasteiger partial charge in [-0.2, -0.15) is 0 Å². The lowest BCUT2D eigenvalue weighted by molar-refractivity contribution is -0.132. The standard InChI is InChI=1S/C32H50N4O3/c1-24(2)21-29(36(8)20-12-19-35(6)7)31(38)33-28(30(37)34-32(3,4)5)22-25-15-17-27(18-16-25)39-23-26-13-10-9-11-14-26/h9-11,13-18,24,28-29H,12,19-23H2,1-8H3,(H,33,38)(H,34,37). The molecule has 0 radical (unpaired) electrons. The highest BCUT2D eigenvalue weighted by Crippen LogP contribution is 2.17. The van der Waals surface area contributed by atoms with Gasteiger partial charge in [-0.15, -0.1) is 0 Å². The van der Waals surface area contributed by atoms with E-state index in [1.807, 2.05) is 82.4 Å². The van der Waals surface area contributed by atoms with Crippen LogP contribution in [-0.2, 0) is 22.6 Å². The van der Waals surface area contributed by atoms with Gasteiger partial charge in [-0.3, -0.25) is 14.5 Å². The van der Waals surface area contributed by atoms with Crippen LogP contribution >= 0.6 is 0 Å². The first-order valence-electron chi connectivity index (χ1n) is 14.1. The van der Waals surface area contributed by atoms with Crippen LogP contribution in [0.5, 0.6) is 5.75 Å². The van der Waals surface area contributed by atoms with Crippen LogP contribution in [0, 0.1) is 5.92 Å². The van der Waals surface area contributed by atoms with E-state index in [-0.39, 0.29) is 17.9 Å². The number of ether oxygens (including phenoxy) is 1. The van der Waals surface area contributed by atoms with Crippen molar-refractivity contribution in [3.63, 3.8) is 0 Å². The van der Waals surface area contributed by atoms with Gasteiger partial charge >= 0.3 is 0 Å². The maximum absolute atomic E-state index is 13.6. The predicted octanol–water partition coefficient (Wildman–Crippen LogP) is 4.51. The Morgan fingerprint density at radius 1 is 0.872 bits per heavy atom. The largest absolute Gasteiger partial charge is 0.489 e. The smallest absolute Gasteiger partial charge is 0.243 e. The number of rotatable bonds is 15. The maximum atomic E-state index is 13.6. The molecule has 39 heavy (non-hydrogen) atoms. The molecule has 2 unspecified atom stereocenters. The van der Waals surface area contributed by atoms with E-state index >= 15 is 0 Å². The fourth-order valence-corrected chi connectivity index (χ4v) is 4.36. The molecule has 2 atom stereocenters. The fourth-order valence-electron chi connectivity index (χ4n) is 4.36. The monoisotopic (exact) mass is 538 g/mol. The summed E-state index contributed by atoms with van der Waals surface area (Å²) in [5.41, 5.74) is 1.65. The average molecular weight is 539 g/mol. The van der Waals surface area contributed by atoms with Crippen molar-refractivity contribution in [1.82, 2.24) is 20.4 Å². The number of likely N-dealkylation sites (N-methyl/N-ethyl adjacent to an activating group) is 1. The van der Waals surface area contributed by atoms with Gasteiger partial charge in [-0.1, -0.05) is 56.3 Å². The highest BCUT2D eigenvalue weighted by molar-refractivity contribution is 5.90. The van der Waals surface area contributed by atoms with Crippen molar-refractivity contribution in [3.05, 3.63) is 65.7 Å². The second kappa shape index (κ2) is 15.6. The lowest BCUT2D eigenvalue weighted by Crippen LogP contribution is -2.56. The molecule has 0 saturated heterocycles. The molecule has 2 N–H and O–H groups in total. The molecule has 2 amide bonds. The van der Waals surface area contributed by atoms with Crippen LogP contribution in [0.1, 0.15) is 58.6 Å². The zero-order valence-electron chi connectivity index (χ0n) is 25.3. The summed E-state index contributed by atoms with van der Waals surface area (Å²) in [5.74, 6) is 0.827. The van der Waals surface area contributed by atoms with E-state index in [9.17, 15) is 9.59 Å². The van der Waals surface area contributed by atoms with E-state index in [2.05, 4.69) is 48.4 Å². The number of carbonyl (C=O) groups is 2. The van der Waals surface area contributed by atoms with Gasteiger partial charge in [0.05, 0.1) is 6.04 Å². The molecule has 0 aliphatic rings. The Labute approximate surface area is 236 Å². The van der Waals surface area contributed by atoms with Crippen molar-refractivity contribution in [2.75, 3.05) is 34.2 Å². The molecule has 0 aliphatic heterocycles. The topological polar surface area (TPSA) is 73.9 Å². The van der Waals surface area contributed by atoms with E-state index in [4.69, 9.17) is 4.74 Å². The molecule has 7 heteroatoms. The molecule has 0 aromatic heterocycles. The SMILES string of the molecule is CC(C)CC(C(=O)NC(Cc1ccc(OCc2ccccc2)cc1)C(=O)NC(C)(C)C)N(C)CCCN(C)C. The minimum Gasteiger partial charge on any atom is -0.489 e. The molecule has 0 heterocycles. The number of carbonyl (C=O) groups excluding carboxylic acids is 2. The quantitative estimate of drug-likeness (QED) is 0.349. The van der Waals surface area contributed by atoms with Crippen LogP contribution in [-0.4, -0.2) is 73.5 Å². The number of hydrogen-bond donors (Lipinski definition) is 2. The van der Waals surface area contributed by atoms with Gasteiger partial charge in [0, 0.05) is 12.0 Å². The van der Waals surface area contributed by atoms with Crippen LogP contribution in [0.3, 0.4) is 0 Å². The Kier molecular flexibility index (Phi) is 13.0. The van der Waals surface area contributed by atoms with E-state index in [1.54, 1.807) is 0 Å².